The Morgan fingerprint density at radius 3 is 2.31 bits per heavy atom. The van der Waals surface area contributed by atoms with E-state index in [1.165, 1.54) is 18.2 Å². The zero-order valence-electron chi connectivity index (χ0n) is 19.8. The van der Waals surface area contributed by atoms with Crippen LogP contribution in [0.25, 0.3) is 0 Å². The number of hydrogen-bond acceptors (Lipinski definition) is 6. The largest absolute Gasteiger partial charge is 0.492 e. The number of hydrogen-bond donors (Lipinski definition) is 2. The molecule has 0 radical (unpaired) electrons. The molecule has 3 aromatic carbocycles. The molecule has 1 unspecified atom stereocenters. The van der Waals surface area contributed by atoms with E-state index in [4.69, 9.17) is 9.47 Å². The summed E-state index contributed by atoms with van der Waals surface area (Å²) in [5.74, 6) is -0.914. The van der Waals surface area contributed by atoms with Gasteiger partial charge in [-0.15, -0.1) is 0 Å². The summed E-state index contributed by atoms with van der Waals surface area (Å²) in [7, 11) is -3.78. The van der Waals surface area contributed by atoms with E-state index in [9.17, 15) is 18.0 Å². The number of rotatable bonds is 10. The number of aryl methyl sites for hydroxylation is 1. The highest BCUT2D eigenvalue weighted by Gasteiger charge is 2.28. The topological polar surface area (TPSA) is 111 Å². The number of sulfonamides is 1. The van der Waals surface area contributed by atoms with Crippen molar-refractivity contribution in [3.05, 3.63) is 89.5 Å². The van der Waals surface area contributed by atoms with Gasteiger partial charge < -0.3 is 14.8 Å². The lowest BCUT2D eigenvalue weighted by Gasteiger charge is -2.20. The van der Waals surface area contributed by atoms with Crippen LogP contribution in [0.1, 0.15) is 41.4 Å². The fourth-order valence-corrected chi connectivity index (χ4v) is 4.45. The summed E-state index contributed by atoms with van der Waals surface area (Å²) in [6.45, 7) is 5.77. The van der Waals surface area contributed by atoms with Crippen LogP contribution < -0.4 is 14.8 Å². The van der Waals surface area contributed by atoms with Gasteiger partial charge in [0.05, 0.1) is 22.8 Å². The second kappa shape index (κ2) is 11.6. The maximum Gasteiger partial charge on any atom is 0.339 e. The van der Waals surface area contributed by atoms with E-state index in [1.54, 1.807) is 68.4 Å². The van der Waals surface area contributed by atoms with Crippen molar-refractivity contribution in [1.82, 2.24) is 4.72 Å². The van der Waals surface area contributed by atoms with Gasteiger partial charge in [-0.3, -0.25) is 4.79 Å². The molecule has 184 valence electrons. The van der Waals surface area contributed by atoms with Gasteiger partial charge in [-0.1, -0.05) is 55.5 Å². The average molecular weight is 497 g/mol. The summed E-state index contributed by atoms with van der Waals surface area (Å²) >= 11 is 0. The van der Waals surface area contributed by atoms with Gasteiger partial charge in [0.2, 0.25) is 16.1 Å². The van der Waals surface area contributed by atoms with E-state index in [1.807, 2.05) is 6.92 Å². The quantitative estimate of drug-likeness (QED) is 0.407. The number of esters is 1. The SMILES string of the molecule is CCNS(=O)(=O)c1ccc(C)c(C(=O)OC(C(=O)Nc2ccccc2OCC)c2ccccc2)c1. The number of anilines is 1. The normalized spacial score (nSPS) is 12.0. The highest BCUT2D eigenvalue weighted by atomic mass is 32.2. The minimum atomic E-state index is -3.78. The van der Waals surface area contributed by atoms with Crippen molar-refractivity contribution in [2.75, 3.05) is 18.5 Å². The zero-order valence-corrected chi connectivity index (χ0v) is 20.6. The molecule has 3 aromatic rings. The van der Waals surface area contributed by atoms with Gasteiger partial charge in [0.15, 0.2) is 0 Å². The summed E-state index contributed by atoms with van der Waals surface area (Å²) in [5, 5.41) is 2.77. The Balaban J connectivity index is 1.93. The van der Waals surface area contributed by atoms with Crippen molar-refractivity contribution < 1.29 is 27.5 Å². The third kappa shape index (κ3) is 6.46. The number of carbonyl (C=O) groups excluding carboxylic acids is 2. The van der Waals surface area contributed by atoms with Crippen LogP contribution >= 0.6 is 0 Å². The van der Waals surface area contributed by atoms with Gasteiger partial charge in [-0.2, -0.15) is 0 Å². The Morgan fingerprint density at radius 1 is 0.943 bits per heavy atom. The Hall–Kier alpha value is -3.69. The molecule has 9 heteroatoms. The second-order valence-electron chi connectivity index (χ2n) is 7.59. The molecule has 0 heterocycles. The molecule has 35 heavy (non-hydrogen) atoms. The first kappa shape index (κ1) is 25.9. The molecule has 8 nitrogen and oxygen atoms in total. The number of para-hydroxylation sites is 2. The number of ether oxygens (including phenoxy) is 2. The van der Waals surface area contributed by atoms with E-state index >= 15 is 0 Å². The number of carbonyl (C=O) groups is 2. The van der Waals surface area contributed by atoms with E-state index in [-0.39, 0.29) is 17.0 Å². The average Bonchev–Trinajstić information content (AvgIpc) is 2.84. The molecular formula is C26H28N2O6S. The molecule has 3 rings (SSSR count). The van der Waals surface area contributed by atoms with E-state index in [0.717, 1.165) is 0 Å². The Morgan fingerprint density at radius 2 is 1.63 bits per heavy atom. The fourth-order valence-electron chi connectivity index (χ4n) is 3.38. The van der Waals surface area contributed by atoms with Crippen molar-refractivity contribution >= 4 is 27.6 Å². The highest BCUT2D eigenvalue weighted by Crippen LogP contribution is 2.28. The van der Waals surface area contributed by atoms with Crippen LogP contribution in [-0.2, 0) is 19.6 Å². The van der Waals surface area contributed by atoms with Gasteiger partial charge in [-0.05, 0) is 43.7 Å². The summed E-state index contributed by atoms with van der Waals surface area (Å²) < 4.78 is 38.5. The number of benzene rings is 3. The minimum absolute atomic E-state index is 0.0485. The molecule has 0 fully saturated rings. The van der Waals surface area contributed by atoms with Crippen LogP contribution in [0.2, 0.25) is 0 Å². The fraction of sp³-hybridized carbons (Fsp3) is 0.231. The smallest absolute Gasteiger partial charge is 0.339 e. The van der Waals surface area contributed by atoms with Gasteiger partial charge in [-0.25, -0.2) is 17.9 Å². The van der Waals surface area contributed by atoms with Crippen LogP contribution in [-0.4, -0.2) is 33.4 Å². The Labute approximate surface area is 205 Å². The third-order valence-corrected chi connectivity index (χ3v) is 6.63. The summed E-state index contributed by atoms with van der Waals surface area (Å²) in [6.07, 6.45) is -1.29. The molecule has 0 saturated heterocycles. The van der Waals surface area contributed by atoms with Crippen LogP contribution in [0.15, 0.2) is 77.7 Å². The molecule has 0 saturated carbocycles. The maximum atomic E-state index is 13.3. The van der Waals surface area contributed by atoms with Gasteiger partial charge in [0.25, 0.3) is 5.91 Å². The molecule has 0 aliphatic heterocycles. The predicted molar refractivity (Wildman–Crippen MR) is 133 cm³/mol. The van der Waals surface area contributed by atoms with E-state index in [0.29, 0.717) is 29.2 Å². The predicted octanol–water partition coefficient (Wildman–Crippen LogP) is 4.23. The van der Waals surface area contributed by atoms with Gasteiger partial charge >= 0.3 is 5.97 Å². The lowest BCUT2D eigenvalue weighted by atomic mass is 10.1. The van der Waals surface area contributed by atoms with Crippen LogP contribution in [0, 0.1) is 6.92 Å². The molecule has 0 aromatic heterocycles. The van der Waals surface area contributed by atoms with Crippen molar-refractivity contribution in [3.8, 4) is 5.75 Å². The first-order chi connectivity index (χ1) is 16.8. The molecule has 0 aliphatic rings. The lowest BCUT2D eigenvalue weighted by Crippen LogP contribution is -2.27. The van der Waals surface area contributed by atoms with Crippen molar-refractivity contribution in [3.63, 3.8) is 0 Å². The summed E-state index contributed by atoms with van der Waals surface area (Å²) in [6, 6.07) is 19.7. The first-order valence-electron chi connectivity index (χ1n) is 11.2. The monoisotopic (exact) mass is 496 g/mol. The lowest BCUT2D eigenvalue weighted by molar-refractivity contribution is -0.125. The van der Waals surface area contributed by atoms with Crippen molar-refractivity contribution in [2.24, 2.45) is 0 Å². The summed E-state index contributed by atoms with van der Waals surface area (Å²) in [5.41, 5.74) is 1.46. The number of nitrogens with one attached hydrogen (secondary N) is 2. The first-order valence-corrected chi connectivity index (χ1v) is 12.6. The van der Waals surface area contributed by atoms with Crippen LogP contribution in [0.4, 0.5) is 5.69 Å². The molecule has 2 N–H and O–H groups in total. The standard InChI is InChI=1S/C26H28N2O6S/c1-4-27-35(31,32)20-16-15-18(3)21(17-20)26(30)34-24(19-11-7-6-8-12-19)25(29)28-22-13-9-10-14-23(22)33-5-2/h6-17,24,27H,4-5H2,1-3H3,(H,28,29). The van der Waals surface area contributed by atoms with Crippen LogP contribution in [0.3, 0.4) is 0 Å². The molecule has 0 aliphatic carbocycles. The van der Waals surface area contributed by atoms with E-state index in [2.05, 4.69) is 10.0 Å². The summed E-state index contributed by atoms with van der Waals surface area (Å²) in [4.78, 5) is 26.4. The van der Waals surface area contributed by atoms with E-state index < -0.39 is 28.0 Å². The van der Waals surface area contributed by atoms with Crippen molar-refractivity contribution in [1.29, 1.82) is 0 Å². The molecule has 1 atom stereocenters. The van der Waals surface area contributed by atoms with Gasteiger partial charge in [0.1, 0.15) is 5.75 Å². The van der Waals surface area contributed by atoms with Crippen LogP contribution in [0.5, 0.6) is 5.75 Å². The second-order valence-corrected chi connectivity index (χ2v) is 9.36. The molecular weight excluding hydrogens is 468 g/mol. The molecule has 0 bridgehead atoms. The Bertz CT molecular complexity index is 1290. The van der Waals surface area contributed by atoms with Crippen molar-refractivity contribution in [2.45, 2.75) is 31.8 Å². The van der Waals surface area contributed by atoms with Gasteiger partial charge in [0, 0.05) is 12.1 Å². The molecule has 0 spiro atoms. The molecule has 1 amide bonds. The minimum Gasteiger partial charge on any atom is -0.492 e. The third-order valence-electron chi connectivity index (χ3n) is 5.08. The Kier molecular flexibility index (Phi) is 8.62. The highest BCUT2D eigenvalue weighted by molar-refractivity contribution is 7.89. The maximum absolute atomic E-state index is 13.3. The number of amides is 1. The zero-order chi connectivity index (χ0) is 25.4.